The highest BCUT2D eigenvalue weighted by Gasteiger charge is 2.27. The zero-order valence-corrected chi connectivity index (χ0v) is 14.1. The Hall–Kier alpha value is -2.53. The molecule has 1 atom stereocenters. The second-order valence-corrected chi connectivity index (χ2v) is 5.25. The predicted octanol–water partition coefficient (Wildman–Crippen LogP) is 3.81. The van der Waals surface area contributed by atoms with Crippen molar-refractivity contribution in [2.45, 2.75) is 13.0 Å². The SMILES string of the molecule is CCOC(=O)C(OC(=O)c1ccc(OC)cc1)c1ccc(Cl)cc1. The van der Waals surface area contributed by atoms with Crippen molar-refractivity contribution in [3.05, 3.63) is 64.7 Å². The third kappa shape index (κ3) is 4.49. The fourth-order valence-electron chi connectivity index (χ4n) is 2.01. The summed E-state index contributed by atoms with van der Waals surface area (Å²) in [6.45, 7) is 1.87. The number of benzene rings is 2. The molecule has 0 aromatic heterocycles. The van der Waals surface area contributed by atoms with Crippen LogP contribution >= 0.6 is 11.6 Å². The molecule has 0 saturated carbocycles. The first-order chi connectivity index (χ1) is 11.5. The van der Waals surface area contributed by atoms with E-state index in [4.69, 9.17) is 25.8 Å². The molecule has 0 fully saturated rings. The van der Waals surface area contributed by atoms with Gasteiger partial charge in [-0.2, -0.15) is 0 Å². The lowest BCUT2D eigenvalue weighted by molar-refractivity contribution is -0.153. The molecule has 126 valence electrons. The van der Waals surface area contributed by atoms with E-state index < -0.39 is 18.0 Å². The fraction of sp³-hybridized carbons (Fsp3) is 0.222. The highest BCUT2D eigenvalue weighted by molar-refractivity contribution is 6.30. The Kier molecular flexibility index (Phi) is 6.21. The topological polar surface area (TPSA) is 61.8 Å². The normalized spacial score (nSPS) is 11.5. The standard InChI is InChI=1S/C18H17ClO5/c1-3-23-18(21)16(12-4-8-14(19)9-5-12)24-17(20)13-6-10-15(22-2)11-7-13/h4-11,16H,3H2,1-2H3. The summed E-state index contributed by atoms with van der Waals surface area (Å²) in [4.78, 5) is 24.5. The third-order valence-electron chi connectivity index (χ3n) is 3.22. The number of carbonyl (C=O) groups excluding carboxylic acids is 2. The van der Waals surface area contributed by atoms with Gasteiger partial charge in [0.05, 0.1) is 19.3 Å². The summed E-state index contributed by atoms with van der Waals surface area (Å²) in [6, 6.07) is 12.9. The predicted molar refractivity (Wildman–Crippen MR) is 89.2 cm³/mol. The van der Waals surface area contributed by atoms with Gasteiger partial charge in [-0.15, -0.1) is 0 Å². The molecular formula is C18H17ClO5. The summed E-state index contributed by atoms with van der Waals surface area (Å²) in [5.41, 5.74) is 0.791. The number of halogens is 1. The summed E-state index contributed by atoms with van der Waals surface area (Å²) in [5, 5.41) is 0.517. The first-order valence-electron chi connectivity index (χ1n) is 7.32. The lowest BCUT2D eigenvalue weighted by atomic mass is 10.1. The van der Waals surface area contributed by atoms with E-state index >= 15 is 0 Å². The van der Waals surface area contributed by atoms with Crippen molar-refractivity contribution >= 4 is 23.5 Å². The molecule has 5 nitrogen and oxygen atoms in total. The van der Waals surface area contributed by atoms with Crippen LogP contribution in [0.4, 0.5) is 0 Å². The Bertz CT molecular complexity index is 694. The number of hydrogen-bond acceptors (Lipinski definition) is 5. The Balaban J connectivity index is 2.21. The maximum absolute atomic E-state index is 12.3. The first kappa shape index (κ1) is 17.8. The van der Waals surface area contributed by atoms with Crippen LogP contribution in [0.5, 0.6) is 5.75 Å². The van der Waals surface area contributed by atoms with E-state index in [0.29, 0.717) is 21.9 Å². The van der Waals surface area contributed by atoms with Crippen molar-refractivity contribution in [2.24, 2.45) is 0 Å². The molecule has 0 N–H and O–H groups in total. The molecular weight excluding hydrogens is 332 g/mol. The van der Waals surface area contributed by atoms with Crippen LogP contribution < -0.4 is 4.74 Å². The van der Waals surface area contributed by atoms with Crippen LogP contribution in [0.15, 0.2) is 48.5 Å². The van der Waals surface area contributed by atoms with E-state index in [9.17, 15) is 9.59 Å². The maximum atomic E-state index is 12.3. The van der Waals surface area contributed by atoms with Crippen molar-refractivity contribution in [2.75, 3.05) is 13.7 Å². The molecule has 0 spiro atoms. The molecule has 2 aromatic carbocycles. The lowest BCUT2D eigenvalue weighted by Gasteiger charge is -2.17. The van der Waals surface area contributed by atoms with Crippen molar-refractivity contribution < 1.29 is 23.8 Å². The smallest absolute Gasteiger partial charge is 0.352 e. The van der Waals surface area contributed by atoms with Gasteiger partial charge in [0.2, 0.25) is 6.10 Å². The Morgan fingerprint density at radius 3 is 2.21 bits per heavy atom. The third-order valence-corrected chi connectivity index (χ3v) is 3.48. The summed E-state index contributed by atoms with van der Waals surface area (Å²) < 4.78 is 15.4. The van der Waals surface area contributed by atoms with Crippen molar-refractivity contribution in [1.29, 1.82) is 0 Å². The number of rotatable bonds is 6. The number of methoxy groups -OCH3 is 1. The minimum atomic E-state index is -1.16. The average molecular weight is 349 g/mol. The van der Waals surface area contributed by atoms with Crippen LogP contribution in [0.1, 0.15) is 28.9 Å². The van der Waals surface area contributed by atoms with Crippen molar-refractivity contribution in [3.63, 3.8) is 0 Å². The quantitative estimate of drug-likeness (QED) is 0.743. The molecule has 1 unspecified atom stereocenters. The maximum Gasteiger partial charge on any atom is 0.352 e. The number of esters is 2. The minimum Gasteiger partial charge on any atom is -0.497 e. The van der Waals surface area contributed by atoms with Crippen LogP contribution in [0.2, 0.25) is 5.02 Å². The van der Waals surface area contributed by atoms with Crippen LogP contribution in [-0.2, 0) is 14.3 Å². The number of carbonyl (C=O) groups is 2. The van der Waals surface area contributed by atoms with Gasteiger partial charge in [0.15, 0.2) is 0 Å². The second kappa shape index (κ2) is 8.36. The minimum absolute atomic E-state index is 0.184. The molecule has 0 saturated heterocycles. The summed E-state index contributed by atoms with van der Waals surface area (Å²) in [5.74, 6) is -0.654. The summed E-state index contributed by atoms with van der Waals surface area (Å²) in [6.07, 6.45) is -1.16. The Labute approximate surface area is 145 Å². The highest BCUT2D eigenvalue weighted by atomic mass is 35.5. The number of ether oxygens (including phenoxy) is 3. The molecule has 2 rings (SSSR count). The van der Waals surface area contributed by atoms with Gasteiger partial charge in [0, 0.05) is 10.6 Å². The monoisotopic (exact) mass is 348 g/mol. The zero-order valence-electron chi connectivity index (χ0n) is 13.3. The molecule has 0 radical (unpaired) electrons. The van der Waals surface area contributed by atoms with E-state index in [2.05, 4.69) is 0 Å². The molecule has 0 amide bonds. The summed E-state index contributed by atoms with van der Waals surface area (Å²) >= 11 is 5.85. The van der Waals surface area contributed by atoms with E-state index in [1.54, 1.807) is 55.5 Å². The molecule has 6 heteroatoms. The Morgan fingerprint density at radius 2 is 1.67 bits per heavy atom. The Morgan fingerprint density at radius 1 is 1.04 bits per heavy atom. The van der Waals surface area contributed by atoms with E-state index in [1.165, 1.54) is 7.11 Å². The zero-order chi connectivity index (χ0) is 17.5. The van der Waals surface area contributed by atoms with Crippen molar-refractivity contribution in [3.8, 4) is 5.75 Å². The highest BCUT2D eigenvalue weighted by Crippen LogP contribution is 2.23. The van der Waals surface area contributed by atoms with Gasteiger partial charge >= 0.3 is 11.9 Å². The van der Waals surface area contributed by atoms with Gasteiger partial charge in [0.25, 0.3) is 0 Å². The van der Waals surface area contributed by atoms with Crippen LogP contribution in [0.25, 0.3) is 0 Å². The van der Waals surface area contributed by atoms with Crippen LogP contribution in [-0.4, -0.2) is 25.7 Å². The van der Waals surface area contributed by atoms with Crippen LogP contribution in [0, 0.1) is 0 Å². The number of hydrogen-bond donors (Lipinski definition) is 0. The van der Waals surface area contributed by atoms with Gasteiger partial charge in [-0.1, -0.05) is 23.7 Å². The van der Waals surface area contributed by atoms with Gasteiger partial charge in [-0.25, -0.2) is 9.59 Å². The molecule has 0 aliphatic rings. The van der Waals surface area contributed by atoms with Gasteiger partial charge < -0.3 is 14.2 Å². The van der Waals surface area contributed by atoms with E-state index in [1.807, 2.05) is 0 Å². The van der Waals surface area contributed by atoms with E-state index in [0.717, 1.165) is 0 Å². The fourth-order valence-corrected chi connectivity index (χ4v) is 2.14. The molecule has 0 bridgehead atoms. The molecule has 24 heavy (non-hydrogen) atoms. The largest absolute Gasteiger partial charge is 0.497 e. The van der Waals surface area contributed by atoms with Crippen LogP contribution in [0.3, 0.4) is 0 Å². The lowest BCUT2D eigenvalue weighted by Crippen LogP contribution is -2.22. The molecule has 2 aromatic rings. The van der Waals surface area contributed by atoms with Gasteiger partial charge in [-0.05, 0) is 43.3 Å². The molecule has 0 aliphatic carbocycles. The van der Waals surface area contributed by atoms with E-state index in [-0.39, 0.29) is 6.61 Å². The second-order valence-electron chi connectivity index (χ2n) is 4.82. The summed E-state index contributed by atoms with van der Waals surface area (Å²) in [7, 11) is 1.53. The van der Waals surface area contributed by atoms with Gasteiger partial charge in [0.1, 0.15) is 5.75 Å². The molecule has 0 heterocycles. The first-order valence-corrected chi connectivity index (χ1v) is 7.70. The average Bonchev–Trinajstić information content (AvgIpc) is 2.60. The van der Waals surface area contributed by atoms with Gasteiger partial charge in [-0.3, -0.25) is 0 Å². The van der Waals surface area contributed by atoms with Crippen molar-refractivity contribution in [1.82, 2.24) is 0 Å². The molecule has 0 aliphatic heterocycles.